The SMILES string of the molecule is OCCc1c(F)ncc(Cl)c1I. The van der Waals surface area contributed by atoms with Crippen molar-refractivity contribution in [3.8, 4) is 0 Å². The van der Waals surface area contributed by atoms with Gasteiger partial charge in [-0.15, -0.1) is 0 Å². The zero-order valence-electron chi connectivity index (χ0n) is 6.02. The average molecular weight is 301 g/mol. The number of halogens is 3. The summed E-state index contributed by atoms with van der Waals surface area (Å²) in [5.74, 6) is -0.558. The molecule has 66 valence electrons. The van der Waals surface area contributed by atoms with E-state index in [1.54, 1.807) is 0 Å². The zero-order chi connectivity index (χ0) is 9.14. The lowest BCUT2D eigenvalue weighted by atomic mass is 10.2. The zero-order valence-corrected chi connectivity index (χ0v) is 8.93. The van der Waals surface area contributed by atoms with Crippen LogP contribution in [0.4, 0.5) is 4.39 Å². The van der Waals surface area contributed by atoms with Crippen molar-refractivity contribution < 1.29 is 9.50 Å². The number of rotatable bonds is 2. The molecule has 12 heavy (non-hydrogen) atoms. The van der Waals surface area contributed by atoms with Crippen LogP contribution in [0.3, 0.4) is 0 Å². The van der Waals surface area contributed by atoms with E-state index in [2.05, 4.69) is 4.98 Å². The monoisotopic (exact) mass is 301 g/mol. The van der Waals surface area contributed by atoms with E-state index in [9.17, 15) is 4.39 Å². The van der Waals surface area contributed by atoms with Crippen molar-refractivity contribution in [3.05, 3.63) is 26.3 Å². The maximum atomic E-state index is 12.9. The van der Waals surface area contributed by atoms with E-state index in [1.165, 1.54) is 6.20 Å². The van der Waals surface area contributed by atoms with Crippen molar-refractivity contribution in [2.24, 2.45) is 0 Å². The first kappa shape index (κ1) is 10.1. The normalized spacial score (nSPS) is 10.3. The van der Waals surface area contributed by atoms with Gasteiger partial charge < -0.3 is 5.11 Å². The smallest absolute Gasteiger partial charge is 0.217 e. The first-order chi connectivity index (χ1) is 5.66. The highest BCUT2D eigenvalue weighted by molar-refractivity contribution is 14.1. The minimum atomic E-state index is -0.558. The van der Waals surface area contributed by atoms with Gasteiger partial charge in [0.15, 0.2) is 0 Å². The van der Waals surface area contributed by atoms with Gasteiger partial charge in [-0.05, 0) is 22.6 Å². The van der Waals surface area contributed by atoms with Crippen LogP contribution in [0.15, 0.2) is 6.20 Å². The van der Waals surface area contributed by atoms with Crippen LogP contribution in [0.5, 0.6) is 0 Å². The summed E-state index contributed by atoms with van der Waals surface area (Å²) in [5, 5.41) is 9.04. The number of aromatic nitrogens is 1. The summed E-state index contributed by atoms with van der Waals surface area (Å²) in [4.78, 5) is 3.44. The predicted octanol–water partition coefficient (Wildman–Crippen LogP) is 2.01. The molecule has 0 amide bonds. The molecule has 1 aromatic heterocycles. The molecular formula is C7H6ClFINO. The second-order valence-corrected chi connectivity index (χ2v) is 3.65. The van der Waals surface area contributed by atoms with Crippen molar-refractivity contribution in [1.82, 2.24) is 4.98 Å². The summed E-state index contributed by atoms with van der Waals surface area (Å²) in [6.45, 7) is -0.102. The molecule has 1 rings (SSSR count). The Kier molecular flexibility index (Phi) is 3.67. The molecule has 1 N–H and O–H groups in total. The Hall–Kier alpha value is 0.0600. The van der Waals surface area contributed by atoms with Gasteiger partial charge >= 0.3 is 0 Å². The lowest BCUT2D eigenvalue weighted by Gasteiger charge is -2.04. The quantitative estimate of drug-likeness (QED) is 0.669. The van der Waals surface area contributed by atoms with Crippen molar-refractivity contribution >= 4 is 34.2 Å². The largest absolute Gasteiger partial charge is 0.396 e. The summed E-state index contributed by atoms with van der Waals surface area (Å²) in [6, 6.07) is 0. The summed E-state index contributed by atoms with van der Waals surface area (Å²) in [6.07, 6.45) is 1.51. The molecule has 5 heteroatoms. The topological polar surface area (TPSA) is 33.1 Å². The predicted molar refractivity (Wildman–Crippen MR) is 52.7 cm³/mol. The Bertz CT molecular complexity index is 295. The van der Waals surface area contributed by atoms with E-state index < -0.39 is 5.95 Å². The van der Waals surface area contributed by atoms with Crippen LogP contribution in [-0.4, -0.2) is 16.7 Å². The molecule has 0 spiro atoms. The lowest BCUT2D eigenvalue weighted by Crippen LogP contribution is -2.01. The number of hydrogen-bond donors (Lipinski definition) is 1. The molecule has 0 radical (unpaired) electrons. The molecule has 0 aliphatic carbocycles. The Labute approximate surface area is 87.9 Å². The Morgan fingerprint density at radius 2 is 2.33 bits per heavy atom. The summed E-state index contributed by atoms with van der Waals surface area (Å²) in [7, 11) is 0. The van der Waals surface area contributed by atoms with E-state index >= 15 is 0 Å². The third-order valence-electron chi connectivity index (χ3n) is 1.38. The maximum Gasteiger partial charge on any atom is 0.217 e. The fraction of sp³-hybridized carbons (Fsp3) is 0.286. The molecule has 1 heterocycles. The number of nitrogens with zero attached hydrogens (tertiary/aromatic N) is 1. The van der Waals surface area contributed by atoms with E-state index in [1.807, 2.05) is 22.6 Å². The molecule has 0 aliphatic heterocycles. The lowest BCUT2D eigenvalue weighted by molar-refractivity contribution is 0.297. The van der Waals surface area contributed by atoms with Crippen LogP contribution in [0.25, 0.3) is 0 Å². The van der Waals surface area contributed by atoms with Gasteiger partial charge in [0.1, 0.15) is 0 Å². The molecule has 0 saturated heterocycles. The van der Waals surface area contributed by atoms with E-state index in [0.717, 1.165) is 0 Å². The standard InChI is InChI=1S/C7H6ClFINO/c8-5-3-11-7(9)4(1-2-12)6(5)10/h3,12H,1-2H2. The first-order valence-corrected chi connectivity index (χ1v) is 4.71. The molecular weight excluding hydrogens is 295 g/mol. The van der Waals surface area contributed by atoms with E-state index in [0.29, 0.717) is 14.2 Å². The van der Waals surface area contributed by atoms with Gasteiger partial charge in [0.25, 0.3) is 0 Å². The molecule has 2 nitrogen and oxygen atoms in total. The van der Waals surface area contributed by atoms with Gasteiger partial charge in [0.2, 0.25) is 5.95 Å². The molecule has 0 aromatic carbocycles. The van der Waals surface area contributed by atoms with Crippen molar-refractivity contribution in [2.75, 3.05) is 6.61 Å². The maximum absolute atomic E-state index is 12.9. The fourth-order valence-corrected chi connectivity index (χ4v) is 1.60. The number of pyridine rings is 1. The van der Waals surface area contributed by atoms with Gasteiger partial charge in [-0.2, -0.15) is 4.39 Å². The van der Waals surface area contributed by atoms with Gasteiger partial charge in [-0.3, -0.25) is 0 Å². The number of hydrogen-bond acceptors (Lipinski definition) is 2. The Morgan fingerprint density at radius 1 is 1.67 bits per heavy atom. The van der Waals surface area contributed by atoms with Crippen molar-refractivity contribution in [1.29, 1.82) is 0 Å². The highest BCUT2D eigenvalue weighted by Gasteiger charge is 2.10. The van der Waals surface area contributed by atoms with Crippen LogP contribution in [0, 0.1) is 9.52 Å². The second-order valence-electron chi connectivity index (χ2n) is 2.16. The first-order valence-electron chi connectivity index (χ1n) is 3.26. The van der Waals surface area contributed by atoms with Crippen LogP contribution in [-0.2, 0) is 6.42 Å². The van der Waals surface area contributed by atoms with Gasteiger partial charge in [-0.1, -0.05) is 11.6 Å². The summed E-state index contributed by atoms with van der Waals surface area (Å²) < 4.78 is 13.6. The fourth-order valence-electron chi connectivity index (χ4n) is 0.807. The number of aliphatic hydroxyl groups is 1. The summed E-state index contributed by atoms with van der Waals surface area (Å²) >= 11 is 7.63. The van der Waals surface area contributed by atoms with Gasteiger partial charge in [0, 0.05) is 28.4 Å². The molecule has 0 fully saturated rings. The molecule has 0 atom stereocenters. The average Bonchev–Trinajstić information content (AvgIpc) is 2.06. The van der Waals surface area contributed by atoms with Crippen LogP contribution >= 0.6 is 34.2 Å². The van der Waals surface area contributed by atoms with Crippen LogP contribution in [0.2, 0.25) is 5.02 Å². The highest BCUT2D eigenvalue weighted by atomic mass is 127. The van der Waals surface area contributed by atoms with E-state index in [-0.39, 0.29) is 13.0 Å². The van der Waals surface area contributed by atoms with Crippen molar-refractivity contribution in [3.63, 3.8) is 0 Å². The third kappa shape index (κ3) is 2.05. The highest BCUT2D eigenvalue weighted by Crippen LogP contribution is 2.22. The Morgan fingerprint density at radius 3 is 2.92 bits per heavy atom. The minimum absolute atomic E-state index is 0.102. The summed E-state index contributed by atoms with van der Waals surface area (Å²) in [5.41, 5.74) is 0.380. The van der Waals surface area contributed by atoms with Gasteiger partial charge in [0.05, 0.1) is 5.02 Å². The number of aliphatic hydroxyl groups excluding tert-OH is 1. The van der Waals surface area contributed by atoms with Crippen LogP contribution in [0.1, 0.15) is 5.56 Å². The minimum Gasteiger partial charge on any atom is -0.396 e. The van der Waals surface area contributed by atoms with E-state index in [4.69, 9.17) is 16.7 Å². The Balaban J connectivity index is 3.14. The molecule has 0 saturated carbocycles. The van der Waals surface area contributed by atoms with Crippen LogP contribution < -0.4 is 0 Å². The third-order valence-corrected chi connectivity index (χ3v) is 3.21. The van der Waals surface area contributed by atoms with Gasteiger partial charge in [-0.25, -0.2) is 4.98 Å². The molecule has 0 aliphatic rings. The molecule has 1 aromatic rings. The van der Waals surface area contributed by atoms with Crippen molar-refractivity contribution in [2.45, 2.75) is 6.42 Å². The molecule has 0 unspecified atom stereocenters. The molecule has 0 bridgehead atoms. The second kappa shape index (κ2) is 4.34.